The highest BCUT2D eigenvalue weighted by Gasteiger charge is 2.00. The van der Waals surface area contributed by atoms with Crippen LogP contribution in [-0.4, -0.2) is 9.56 Å². The summed E-state index contributed by atoms with van der Waals surface area (Å²) < 4.78 is 1.88. The maximum absolute atomic E-state index is 8.69. The van der Waals surface area contributed by atoms with Gasteiger partial charge in [-0.25, -0.2) is 0 Å². The lowest BCUT2D eigenvalue weighted by Gasteiger charge is -1.97. The molecule has 0 aromatic carbocycles. The number of aryl methyl sites for hydroxylation is 1. The van der Waals surface area contributed by atoms with Crippen LogP contribution in [0.3, 0.4) is 0 Å². The van der Waals surface area contributed by atoms with Crippen LogP contribution in [0.2, 0.25) is 0 Å². The minimum Gasteiger partial charge on any atom is -0.389 e. The molecule has 0 spiro atoms. The van der Waals surface area contributed by atoms with Crippen molar-refractivity contribution in [3.63, 3.8) is 0 Å². The average molecular weight is 191 g/mol. The molecule has 13 heavy (non-hydrogen) atoms. The van der Waals surface area contributed by atoms with Crippen LogP contribution in [0.5, 0.6) is 0 Å². The normalized spacial score (nSPS) is 10.9. The van der Waals surface area contributed by atoms with Crippen molar-refractivity contribution in [2.45, 2.75) is 0 Å². The third-order valence-electron chi connectivity index (χ3n) is 1.66. The van der Waals surface area contributed by atoms with E-state index in [4.69, 9.17) is 23.2 Å². The molecule has 2 N–H and O–H groups in total. The molecule has 0 fully saturated rings. The molecule has 66 valence electrons. The van der Waals surface area contributed by atoms with Gasteiger partial charge in [0.15, 0.2) is 0 Å². The van der Waals surface area contributed by atoms with Gasteiger partial charge in [-0.15, -0.1) is 0 Å². The van der Waals surface area contributed by atoms with Crippen molar-refractivity contribution in [1.82, 2.24) is 4.57 Å². The van der Waals surface area contributed by atoms with Gasteiger partial charge in [0.05, 0.1) is 5.57 Å². The van der Waals surface area contributed by atoms with Crippen LogP contribution in [-0.2, 0) is 7.05 Å². The van der Waals surface area contributed by atoms with Crippen LogP contribution in [0.1, 0.15) is 5.69 Å². The molecule has 0 aliphatic heterocycles. The van der Waals surface area contributed by atoms with E-state index in [1.807, 2.05) is 36.0 Å². The first-order valence-corrected chi connectivity index (χ1v) is 4.09. The van der Waals surface area contributed by atoms with Crippen molar-refractivity contribution >= 4 is 23.3 Å². The fourth-order valence-electron chi connectivity index (χ4n) is 0.931. The zero-order valence-electron chi connectivity index (χ0n) is 7.19. The number of thiocarbonyl (C=S) groups is 1. The molecular weight excluding hydrogens is 182 g/mol. The predicted octanol–water partition coefficient (Wildman–Crippen LogP) is 1.22. The Morgan fingerprint density at radius 1 is 1.77 bits per heavy atom. The van der Waals surface area contributed by atoms with Crippen LogP contribution in [0.25, 0.3) is 6.08 Å². The van der Waals surface area contributed by atoms with Crippen LogP contribution >= 0.6 is 12.2 Å². The summed E-state index contributed by atoms with van der Waals surface area (Å²) in [6.07, 6.45) is 3.56. The highest BCUT2D eigenvalue weighted by Crippen LogP contribution is 2.06. The van der Waals surface area contributed by atoms with Crippen LogP contribution in [0.4, 0.5) is 0 Å². The number of nitrogens with two attached hydrogens (primary N) is 1. The molecule has 0 unspecified atom stereocenters. The van der Waals surface area contributed by atoms with Crippen molar-refractivity contribution in [2.75, 3.05) is 0 Å². The van der Waals surface area contributed by atoms with E-state index in [-0.39, 0.29) is 4.99 Å². The topological polar surface area (TPSA) is 54.7 Å². The van der Waals surface area contributed by atoms with Gasteiger partial charge in [0.25, 0.3) is 0 Å². The molecule has 0 atom stereocenters. The number of nitriles is 1. The molecule has 1 aromatic heterocycles. The third-order valence-corrected chi connectivity index (χ3v) is 1.88. The second-order valence-corrected chi connectivity index (χ2v) is 3.02. The first-order valence-electron chi connectivity index (χ1n) is 3.68. The molecule has 3 nitrogen and oxygen atoms in total. The Labute approximate surface area is 82.1 Å². The first-order chi connectivity index (χ1) is 6.15. The van der Waals surface area contributed by atoms with E-state index in [2.05, 4.69) is 0 Å². The Morgan fingerprint density at radius 2 is 2.46 bits per heavy atom. The summed E-state index contributed by atoms with van der Waals surface area (Å²) >= 11 is 4.71. The van der Waals surface area contributed by atoms with E-state index in [9.17, 15) is 0 Å². The van der Waals surface area contributed by atoms with Gasteiger partial charge < -0.3 is 10.3 Å². The Kier molecular flexibility index (Phi) is 2.83. The molecule has 0 radical (unpaired) electrons. The van der Waals surface area contributed by atoms with Crippen molar-refractivity contribution in [1.29, 1.82) is 5.26 Å². The summed E-state index contributed by atoms with van der Waals surface area (Å²) in [6.45, 7) is 0. The summed E-state index contributed by atoms with van der Waals surface area (Å²) in [5.41, 5.74) is 6.58. The molecule has 1 aromatic rings. The summed E-state index contributed by atoms with van der Waals surface area (Å²) in [4.78, 5) is 0.128. The number of hydrogen-bond acceptors (Lipinski definition) is 2. The van der Waals surface area contributed by atoms with Crippen molar-refractivity contribution < 1.29 is 0 Å². The summed E-state index contributed by atoms with van der Waals surface area (Å²) in [5, 5.41) is 8.69. The van der Waals surface area contributed by atoms with Gasteiger partial charge >= 0.3 is 0 Å². The summed E-state index contributed by atoms with van der Waals surface area (Å²) in [6, 6.07) is 5.72. The quantitative estimate of drug-likeness (QED) is 0.434. The van der Waals surface area contributed by atoms with Crippen molar-refractivity contribution in [3.8, 4) is 6.07 Å². The maximum Gasteiger partial charge on any atom is 0.114 e. The van der Waals surface area contributed by atoms with Gasteiger partial charge in [-0.3, -0.25) is 0 Å². The fraction of sp³-hybridized carbons (Fsp3) is 0.111. The lowest BCUT2D eigenvalue weighted by molar-refractivity contribution is 0.914. The lowest BCUT2D eigenvalue weighted by atomic mass is 10.2. The molecule has 0 amide bonds. The number of hydrogen-bond donors (Lipinski definition) is 1. The zero-order chi connectivity index (χ0) is 9.84. The van der Waals surface area contributed by atoms with E-state index >= 15 is 0 Å². The summed E-state index contributed by atoms with van der Waals surface area (Å²) in [5.74, 6) is 0. The van der Waals surface area contributed by atoms with Gasteiger partial charge in [-0.1, -0.05) is 12.2 Å². The van der Waals surface area contributed by atoms with E-state index < -0.39 is 0 Å². The monoisotopic (exact) mass is 191 g/mol. The highest BCUT2D eigenvalue weighted by atomic mass is 32.1. The Hall–Kier alpha value is -1.60. The molecule has 0 aliphatic rings. The van der Waals surface area contributed by atoms with Crippen molar-refractivity contribution in [2.24, 2.45) is 12.8 Å². The Bertz CT molecular complexity index is 395. The molecule has 0 bridgehead atoms. The van der Waals surface area contributed by atoms with Crippen LogP contribution in [0.15, 0.2) is 23.9 Å². The van der Waals surface area contributed by atoms with Gasteiger partial charge in [-0.2, -0.15) is 5.26 Å². The summed E-state index contributed by atoms with van der Waals surface area (Å²) in [7, 11) is 1.89. The van der Waals surface area contributed by atoms with Gasteiger partial charge in [0.1, 0.15) is 11.1 Å². The van der Waals surface area contributed by atoms with Gasteiger partial charge in [-0.05, 0) is 18.2 Å². The zero-order valence-corrected chi connectivity index (χ0v) is 8.01. The largest absolute Gasteiger partial charge is 0.389 e. The molecule has 0 saturated heterocycles. The smallest absolute Gasteiger partial charge is 0.114 e. The SMILES string of the molecule is Cn1cccc1/C=C(\C#N)C(N)=S. The second kappa shape index (κ2) is 3.87. The standard InChI is InChI=1S/C9H9N3S/c1-12-4-2-3-8(12)5-7(6-10)9(11)13/h2-5H,1H3,(H2,11,13)/b7-5+. The Morgan fingerprint density at radius 3 is 2.85 bits per heavy atom. The predicted molar refractivity (Wildman–Crippen MR) is 55.8 cm³/mol. The maximum atomic E-state index is 8.69. The molecule has 1 rings (SSSR count). The van der Waals surface area contributed by atoms with Gasteiger partial charge in [0, 0.05) is 18.9 Å². The molecule has 4 heteroatoms. The second-order valence-electron chi connectivity index (χ2n) is 2.58. The van der Waals surface area contributed by atoms with E-state index in [1.54, 1.807) is 6.08 Å². The number of rotatable bonds is 2. The van der Waals surface area contributed by atoms with Crippen LogP contribution < -0.4 is 5.73 Å². The Balaban J connectivity index is 3.07. The highest BCUT2D eigenvalue weighted by molar-refractivity contribution is 7.80. The van der Waals surface area contributed by atoms with E-state index in [0.29, 0.717) is 5.57 Å². The third kappa shape index (κ3) is 2.17. The first kappa shape index (κ1) is 9.49. The number of nitrogens with zero attached hydrogens (tertiary/aromatic N) is 2. The molecule has 0 saturated carbocycles. The fourth-order valence-corrected chi connectivity index (χ4v) is 1.04. The van der Waals surface area contributed by atoms with E-state index in [0.717, 1.165) is 5.69 Å². The average Bonchev–Trinajstić information content (AvgIpc) is 2.46. The molecule has 0 aliphatic carbocycles. The number of aromatic nitrogens is 1. The molecule has 1 heterocycles. The van der Waals surface area contributed by atoms with Crippen LogP contribution in [0, 0.1) is 11.3 Å². The molecular formula is C9H9N3S. The van der Waals surface area contributed by atoms with E-state index in [1.165, 1.54) is 0 Å². The van der Waals surface area contributed by atoms with Gasteiger partial charge in [0.2, 0.25) is 0 Å². The van der Waals surface area contributed by atoms with Crippen molar-refractivity contribution in [3.05, 3.63) is 29.6 Å². The minimum absolute atomic E-state index is 0.128. The lowest BCUT2D eigenvalue weighted by Crippen LogP contribution is -2.10. The minimum atomic E-state index is 0.128.